The second kappa shape index (κ2) is 5.67. The van der Waals surface area contributed by atoms with E-state index >= 15 is 0 Å². The normalized spacial score (nSPS) is 10.6. The first-order valence-electron chi connectivity index (χ1n) is 6.12. The number of H-pyrrole nitrogens is 1. The van der Waals surface area contributed by atoms with Gasteiger partial charge in [-0.2, -0.15) is 5.10 Å². The fourth-order valence-electron chi connectivity index (χ4n) is 2.02. The van der Waals surface area contributed by atoms with Gasteiger partial charge in [0.05, 0.1) is 17.8 Å². The van der Waals surface area contributed by atoms with Gasteiger partial charge in [-0.3, -0.25) is 14.6 Å². The summed E-state index contributed by atoms with van der Waals surface area (Å²) in [6.45, 7) is 0. The van der Waals surface area contributed by atoms with Gasteiger partial charge in [0.25, 0.3) is 0 Å². The van der Waals surface area contributed by atoms with E-state index in [0.717, 1.165) is 11.3 Å². The van der Waals surface area contributed by atoms with Crippen LogP contribution in [0.1, 0.15) is 0 Å². The number of pyridine rings is 1. The number of nitrogens with zero attached hydrogens (tertiary/aromatic N) is 3. The Balaban J connectivity index is 2.20. The summed E-state index contributed by atoms with van der Waals surface area (Å²) >= 11 is 11.4. The Morgan fingerprint density at radius 2 is 2.00 bits per heavy atom. The number of ether oxygens (including phenoxy) is 1. The molecule has 0 bridgehead atoms. The minimum Gasteiger partial charge on any atom is -0.495 e. The van der Waals surface area contributed by atoms with E-state index in [9.17, 15) is 0 Å². The molecule has 2 heterocycles. The molecule has 7 heteroatoms. The molecule has 0 saturated heterocycles. The summed E-state index contributed by atoms with van der Waals surface area (Å²) in [6.07, 6.45) is 3.42. The molecule has 5 nitrogen and oxygen atoms in total. The second-order valence-corrected chi connectivity index (χ2v) is 5.04. The fraction of sp³-hybridized carbons (Fsp3) is 0.0714. The maximum atomic E-state index is 6.06. The number of halogens is 1. The lowest BCUT2D eigenvalue weighted by Gasteiger charge is -2.09. The lowest BCUT2D eigenvalue weighted by atomic mass is 10.2. The van der Waals surface area contributed by atoms with Crippen LogP contribution in [0.2, 0.25) is 5.02 Å². The Morgan fingerprint density at radius 3 is 2.71 bits per heavy atom. The number of aromatic amines is 1. The molecule has 1 N–H and O–H groups in total. The van der Waals surface area contributed by atoms with E-state index in [1.54, 1.807) is 25.6 Å². The molecule has 0 fully saturated rings. The third-order valence-corrected chi connectivity index (χ3v) is 3.59. The van der Waals surface area contributed by atoms with Gasteiger partial charge in [0.15, 0.2) is 10.6 Å². The molecule has 0 saturated carbocycles. The SMILES string of the molecule is COc1cc(-n2c(-c3ccncc3)n[nH]c2=S)ccc1Cl. The first kappa shape index (κ1) is 13.8. The molecule has 3 rings (SSSR count). The fourth-order valence-corrected chi connectivity index (χ4v) is 2.45. The zero-order valence-electron chi connectivity index (χ0n) is 11.1. The monoisotopic (exact) mass is 318 g/mol. The smallest absolute Gasteiger partial charge is 0.200 e. The Labute approximate surface area is 131 Å². The van der Waals surface area contributed by atoms with Gasteiger partial charge >= 0.3 is 0 Å². The number of nitrogens with one attached hydrogen (secondary N) is 1. The van der Waals surface area contributed by atoms with Gasteiger partial charge < -0.3 is 4.74 Å². The van der Waals surface area contributed by atoms with Crippen molar-refractivity contribution in [3.8, 4) is 22.8 Å². The molecule has 106 valence electrons. The minimum atomic E-state index is 0.492. The van der Waals surface area contributed by atoms with E-state index in [4.69, 9.17) is 28.6 Å². The minimum absolute atomic E-state index is 0.492. The lowest BCUT2D eigenvalue weighted by Crippen LogP contribution is -1.98. The molecule has 2 aromatic heterocycles. The standard InChI is InChI=1S/C14H11ClN4OS/c1-20-12-8-10(2-3-11(12)15)19-13(17-18-14(19)21)9-4-6-16-7-5-9/h2-8H,1H3,(H,18,21). The van der Waals surface area contributed by atoms with Gasteiger partial charge in [-0.15, -0.1) is 0 Å². The van der Waals surface area contributed by atoms with Crippen LogP contribution >= 0.6 is 23.8 Å². The van der Waals surface area contributed by atoms with Crippen LogP contribution in [0.25, 0.3) is 17.1 Å². The van der Waals surface area contributed by atoms with Crippen LogP contribution in [0.15, 0.2) is 42.7 Å². The summed E-state index contributed by atoms with van der Waals surface area (Å²) in [5.74, 6) is 1.28. The molecule has 0 amide bonds. The quantitative estimate of drug-likeness (QED) is 0.749. The Morgan fingerprint density at radius 1 is 1.24 bits per heavy atom. The molecule has 21 heavy (non-hydrogen) atoms. The van der Waals surface area contributed by atoms with Crippen molar-refractivity contribution in [2.24, 2.45) is 0 Å². The van der Waals surface area contributed by atoms with Crippen LogP contribution in [-0.2, 0) is 0 Å². The summed E-state index contributed by atoms with van der Waals surface area (Å²) in [4.78, 5) is 4.01. The van der Waals surface area contributed by atoms with Crippen molar-refractivity contribution in [3.05, 3.63) is 52.5 Å². The van der Waals surface area contributed by atoms with E-state index in [-0.39, 0.29) is 0 Å². The number of rotatable bonds is 3. The van der Waals surface area contributed by atoms with Crippen molar-refractivity contribution in [3.63, 3.8) is 0 Å². The van der Waals surface area contributed by atoms with Crippen molar-refractivity contribution in [2.45, 2.75) is 0 Å². The molecule has 0 aliphatic heterocycles. The largest absolute Gasteiger partial charge is 0.495 e. The number of methoxy groups -OCH3 is 1. The van der Waals surface area contributed by atoms with Crippen molar-refractivity contribution in [2.75, 3.05) is 7.11 Å². The van der Waals surface area contributed by atoms with E-state index in [2.05, 4.69) is 15.2 Å². The van der Waals surface area contributed by atoms with E-state index in [0.29, 0.717) is 21.4 Å². The number of aromatic nitrogens is 4. The molecule has 0 atom stereocenters. The Bertz CT molecular complexity index is 828. The summed E-state index contributed by atoms with van der Waals surface area (Å²) in [5, 5.41) is 7.64. The molecular weight excluding hydrogens is 308 g/mol. The maximum Gasteiger partial charge on any atom is 0.200 e. The molecule has 0 aliphatic carbocycles. The molecule has 3 aromatic rings. The topological polar surface area (TPSA) is 55.7 Å². The predicted molar refractivity (Wildman–Crippen MR) is 83.5 cm³/mol. The van der Waals surface area contributed by atoms with Gasteiger partial charge in [-0.05, 0) is 36.5 Å². The van der Waals surface area contributed by atoms with Crippen LogP contribution < -0.4 is 4.74 Å². The first-order valence-corrected chi connectivity index (χ1v) is 6.91. The maximum absolute atomic E-state index is 6.06. The Kier molecular flexibility index (Phi) is 3.72. The lowest BCUT2D eigenvalue weighted by molar-refractivity contribution is 0.415. The van der Waals surface area contributed by atoms with Gasteiger partial charge in [0, 0.05) is 24.0 Å². The summed E-state index contributed by atoms with van der Waals surface area (Å²) in [5.41, 5.74) is 1.73. The predicted octanol–water partition coefficient (Wildman–Crippen LogP) is 3.65. The third kappa shape index (κ3) is 2.55. The molecule has 0 radical (unpaired) electrons. The number of hydrogen-bond donors (Lipinski definition) is 1. The van der Waals surface area contributed by atoms with Crippen LogP contribution in [0.4, 0.5) is 0 Å². The van der Waals surface area contributed by atoms with Gasteiger partial charge in [0.1, 0.15) is 5.75 Å². The highest BCUT2D eigenvalue weighted by molar-refractivity contribution is 7.71. The highest BCUT2D eigenvalue weighted by Gasteiger charge is 2.12. The zero-order chi connectivity index (χ0) is 14.8. The average Bonchev–Trinajstić information content (AvgIpc) is 2.90. The number of hydrogen-bond acceptors (Lipinski definition) is 4. The van der Waals surface area contributed by atoms with Gasteiger partial charge in [-0.1, -0.05) is 11.6 Å². The first-order chi connectivity index (χ1) is 10.2. The average molecular weight is 319 g/mol. The molecule has 0 unspecified atom stereocenters. The van der Waals surface area contributed by atoms with Gasteiger partial charge in [-0.25, -0.2) is 0 Å². The van der Waals surface area contributed by atoms with Crippen LogP contribution in [0, 0.1) is 4.77 Å². The number of benzene rings is 1. The second-order valence-electron chi connectivity index (χ2n) is 4.24. The van der Waals surface area contributed by atoms with Crippen molar-refractivity contribution >= 4 is 23.8 Å². The van der Waals surface area contributed by atoms with Crippen molar-refractivity contribution in [1.82, 2.24) is 19.7 Å². The van der Waals surface area contributed by atoms with E-state index < -0.39 is 0 Å². The van der Waals surface area contributed by atoms with E-state index in [1.807, 2.05) is 28.8 Å². The molecular formula is C14H11ClN4OS. The molecule has 0 aliphatic rings. The molecule has 0 spiro atoms. The van der Waals surface area contributed by atoms with Gasteiger partial charge in [0.2, 0.25) is 0 Å². The summed E-state index contributed by atoms with van der Waals surface area (Å²) < 4.78 is 7.56. The van der Waals surface area contributed by atoms with Crippen LogP contribution in [0.3, 0.4) is 0 Å². The van der Waals surface area contributed by atoms with Crippen molar-refractivity contribution < 1.29 is 4.74 Å². The Hall–Kier alpha value is -2.18. The highest BCUT2D eigenvalue weighted by Crippen LogP contribution is 2.29. The van der Waals surface area contributed by atoms with Crippen LogP contribution in [0.5, 0.6) is 5.75 Å². The highest BCUT2D eigenvalue weighted by atomic mass is 35.5. The van der Waals surface area contributed by atoms with E-state index in [1.165, 1.54) is 0 Å². The summed E-state index contributed by atoms with van der Waals surface area (Å²) in [6, 6.07) is 9.18. The van der Waals surface area contributed by atoms with Crippen molar-refractivity contribution in [1.29, 1.82) is 0 Å². The van der Waals surface area contributed by atoms with Crippen LogP contribution in [-0.4, -0.2) is 26.9 Å². The third-order valence-electron chi connectivity index (χ3n) is 3.00. The zero-order valence-corrected chi connectivity index (χ0v) is 12.6. The summed E-state index contributed by atoms with van der Waals surface area (Å²) in [7, 11) is 1.57. The molecule has 1 aromatic carbocycles.